The van der Waals surface area contributed by atoms with Crippen LogP contribution in [0.4, 0.5) is 0 Å². The summed E-state index contributed by atoms with van der Waals surface area (Å²) in [4.78, 5) is 11.6. The number of carbonyl (C=O) groups is 1. The Morgan fingerprint density at radius 3 is 2.47 bits per heavy atom. The van der Waals surface area contributed by atoms with Gasteiger partial charge in [0.25, 0.3) is 0 Å². The normalized spacial score (nSPS) is 21.1. The van der Waals surface area contributed by atoms with E-state index in [0.717, 1.165) is 25.9 Å². The zero-order valence-corrected chi connectivity index (χ0v) is 9.88. The number of hydrogen-bond acceptors (Lipinski definition) is 4. The van der Waals surface area contributed by atoms with E-state index in [9.17, 15) is 4.79 Å². The number of piperidine rings is 1. The van der Waals surface area contributed by atoms with E-state index >= 15 is 0 Å². The van der Waals surface area contributed by atoms with Gasteiger partial charge in [0.1, 0.15) is 0 Å². The number of nitrogens with one attached hydrogen (secondary N) is 1. The van der Waals surface area contributed by atoms with Gasteiger partial charge in [0.05, 0.1) is 12.5 Å². The summed E-state index contributed by atoms with van der Waals surface area (Å²) in [5, 5.41) is 3.29. The minimum absolute atomic E-state index is 0.118. The highest BCUT2D eigenvalue weighted by atomic mass is 16.5. The molecule has 88 valence electrons. The van der Waals surface area contributed by atoms with E-state index < -0.39 is 5.41 Å². The van der Waals surface area contributed by atoms with Crippen molar-refractivity contribution in [2.24, 2.45) is 17.1 Å². The van der Waals surface area contributed by atoms with Crippen molar-refractivity contribution in [1.29, 1.82) is 0 Å². The van der Waals surface area contributed by atoms with Crippen LogP contribution in [0, 0.1) is 11.3 Å². The second-order valence-electron chi connectivity index (χ2n) is 4.83. The van der Waals surface area contributed by atoms with Crippen molar-refractivity contribution in [2.75, 3.05) is 20.2 Å². The molecule has 4 heteroatoms. The number of nitrogens with two attached hydrogens (primary N) is 1. The molecule has 1 fully saturated rings. The quantitative estimate of drug-likeness (QED) is 0.672. The molecule has 0 aromatic heterocycles. The van der Waals surface area contributed by atoms with E-state index in [2.05, 4.69) is 5.32 Å². The van der Waals surface area contributed by atoms with Gasteiger partial charge in [0.2, 0.25) is 0 Å². The van der Waals surface area contributed by atoms with Gasteiger partial charge in [0.15, 0.2) is 0 Å². The highest BCUT2D eigenvalue weighted by molar-refractivity contribution is 5.76. The lowest BCUT2D eigenvalue weighted by atomic mass is 9.74. The van der Waals surface area contributed by atoms with Crippen LogP contribution in [0.3, 0.4) is 0 Å². The minimum atomic E-state index is -0.587. The molecular weight excluding hydrogens is 192 g/mol. The Hall–Kier alpha value is -0.610. The van der Waals surface area contributed by atoms with E-state index in [1.165, 1.54) is 7.11 Å². The molecule has 0 amide bonds. The first kappa shape index (κ1) is 12.5. The molecule has 1 aliphatic rings. The third-order valence-electron chi connectivity index (χ3n) is 3.44. The monoisotopic (exact) mass is 214 g/mol. The summed E-state index contributed by atoms with van der Waals surface area (Å²) in [6.45, 7) is 5.72. The Morgan fingerprint density at radius 2 is 2.00 bits per heavy atom. The highest BCUT2D eigenvalue weighted by Gasteiger charge is 2.40. The van der Waals surface area contributed by atoms with E-state index in [0.29, 0.717) is 5.92 Å². The largest absolute Gasteiger partial charge is 0.469 e. The van der Waals surface area contributed by atoms with E-state index in [1.54, 1.807) is 0 Å². The van der Waals surface area contributed by atoms with E-state index in [4.69, 9.17) is 10.5 Å². The molecule has 4 nitrogen and oxygen atoms in total. The molecule has 0 radical (unpaired) electrons. The zero-order valence-electron chi connectivity index (χ0n) is 9.88. The molecule has 1 atom stereocenters. The lowest BCUT2D eigenvalue weighted by molar-refractivity contribution is -0.152. The van der Waals surface area contributed by atoms with Gasteiger partial charge in [-0.2, -0.15) is 0 Å². The maximum absolute atomic E-state index is 11.6. The van der Waals surface area contributed by atoms with Crippen LogP contribution in [0.1, 0.15) is 26.7 Å². The van der Waals surface area contributed by atoms with Crippen LogP contribution < -0.4 is 11.1 Å². The van der Waals surface area contributed by atoms with Crippen LogP contribution >= 0.6 is 0 Å². The van der Waals surface area contributed by atoms with Crippen LogP contribution in [0.5, 0.6) is 0 Å². The van der Waals surface area contributed by atoms with Crippen molar-refractivity contribution in [1.82, 2.24) is 5.32 Å². The van der Waals surface area contributed by atoms with Gasteiger partial charge in [-0.3, -0.25) is 4.79 Å². The van der Waals surface area contributed by atoms with Gasteiger partial charge < -0.3 is 15.8 Å². The number of methoxy groups -OCH3 is 1. The fourth-order valence-electron chi connectivity index (χ4n) is 2.19. The molecule has 0 aliphatic carbocycles. The Morgan fingerprint density at radius 1 is 1.47 bits per heavy atom. The molecule has 1 saturated heterocycles. The Balaban J connectivity index is 2.64. The number of carbonyl (C=O) groups excluding carboxylic acids is 1. The van der Waals surface area contributed by atoms with Crippen molar-refractivity contribution in [3.05, 3.63) is 0 Å². The Bertz CT molecular complexity index is 223. The zero-order chi connectivity index (χ0) is 11.5. The number of rotatable bonds is 3. The summed E-state index contributed by atoms with van der Waals surface area (Å²) in [7, 11) is 1.42. The molecule has 15 heavy (non-hydrogen) atoms. The first-order valence-corrected chi connectivity index (χ1v) is 5.55. The first-order valence-electron chi connectivity index (χ1n) is 5.55. The van der Waals surface area contributed by atoms with Crippen LogP contribution in [-0.2, 0) is 9.53 Å². The third kappa shape index (κ3) is 2.69. The third-order valence-corrected chi connectivity index (χ3v) is 3.44. The average molecular weight is 214 g/mol. The van der Waals surface area contributed by atoms with Crippen molar-refractivity contribution in [3.63, 3.8) is 0 Å². The van der Waals surface area contributed by atoms with Gasteiger partial charge in [0, 0.05) is 6.04 Å². The first-order chi connectivity index (χ1) is 7.00. The van der Waals surface area contributed by atoms with Crippen molar-refractivity contribution in [3.8, 4) is 0 Å². The van der Waals surface area contributed by atoms with Gasteiger partial charge in [-0.25, -0.2) is 0 Å². The summed E-state index contributed by atoms with van der Waals surface area (Å²) in [6, 6.07) is -0.118. The summed E-state index contributed by atoms with van der Waals surface area (Å²) in [6.07, 6.45) is 2.09. The number of ether oxygens (including phenoxy) is 1. The summed E-state index contributed by atoms with van der Waals surface area (Å²) in [5.41, 5.74) is 5.59. The van der Waals surface area contributed by atoms with Crippen LogP contribution in [-0.4, -0.2) is 32.2 Å². The molecule has 1 aliphatic heterocycles. The van der Waals surface area contributed by atoms with Crippen molar-refractivity contribution >= 4 is 5.97 Å². The number of esters is 1. The maximum atomic E-state index is 11.6. The average Bonchev–Trinajstić information content (AvgIpc) is 2.28. The molecule has 0 spiro atoms. The van der Waals surface area contributed by atoms with Gasteiger partial charge in [-0.15, -0.1) is 0 Å². The minimum Gasteiger partial charge on any atom is -0.469 e. The number of hydrogen-bond donors (Lipinski definition) is 2. The highest BCUT2D eigenvalue weighted by Crippen LogP contribution is 2.30. The standard InChI is InChI=1S/C11H22N2O2/c1-11(2,10(14)15-3)9(12)8-4-6-13-7-5-8/h8-9,13H,4-7,12H2,1-3H3. The molecule has 1 unspecified atom stereocenters. The van der Waals surface area contributed by atoms with Crippen LogP contribution in [0.2, 0.25) is 0 Å². The van der Waals surface area contributed by atoms with E-state index in [1.807, 2.05) is 13.8 Å². The molecular formula is C11H22N2O2. The molecule has 0 bridgehead atoms. The van der Waals surface area contributed by atoms with E-state index in [-0.39, 0.29) is 12.0 Å². The molecule has 0 aromatic rings. The Kier molecular flexibility index (Phi) is 4.11. The smallest absolute Gasteiger partial charge is 0.312 e. The van der Waals surface area contributed by atoms with Crippen LogP contribution in [0.15, 0.2) is 0 Å². The fraction of sp³-hybridized carbons (Fsp3) is 0.909. The van der Waals surface area contributed by atoms with Crippen molar-refractivity contribution < 1.29 is 9.53 Å². The molecule has 1 heterocycles. The van der Waals surface area contributed by atoms with Crippen LogP contribution in [0.25, 0.3) is 0 Å². The predicted octanol–water partition coefficient (Wildman–Crippen LogP) is 0.513. The molecule has 3 N–H and O–H groups in total. The van der Waals surface area contributed by atoms with Gasteiger partial charge in [-0.1, -0.05) is 0 Å². The second kappa shape index (κ2) is 4.94. The maximum Gasteiger partial charge on any atom is 0.312 e. The van der Waals surface area contributed by atoms with Crippen molar-refractivity contribution in [2.45, 2.75) is 32.7 Å². The predicted molar refractivity (Wildman–Crippen MR) is 59.4 cm³/mol. The summed E-state index contributed by atoms with van der Waals surface area (Å²) >= 11 is 0. The topological polar surface area (TPSA) is 64.3 Å². The molecule has 1 rings (SSSR count). The SMILES string of the molecule is COC(=O)C(C)(C)C(N)C1CCNCC1. The molecule has 0 saturated carbocycles. The Labute approximate surface area is 91.5 Å². The lowest BCUT2D eigenvalue weighted by Gasteiger charge is -2.36. The summed E-state index contributed by atoms with van der Waals surface area (Å²) in [5.74, 6) is 0.203. The van der Waals surface area contributed by atoms with Gasteiger partial charge in [-0.05, 0) is 45.7 Å². The lowest BCUT2D eigenvalue weighted by Crippen LogP contribution is -2.51. The fourth-order valence-corrected chi connectivity index (χ4v) is 2.19. The van der Waals surface area contributed by atoms with Gasteiger partial charge >= 0.3 is 5.97 Å². The second-order valence-corrected chi connectivity index (χ2v) is 4.83. The summed E-state index contributed by atoms with van der Waals surface area (Å²) < 4.78 is 4.79. The molecule has 0 aromatic carbocycles.